The molecule has 0 saturated carbocycles. The molecule has 1 aromatic rings. The van der Waals surface area contributed by atoms with Gasteiger partial charge in [0.25, 0.3) is 0 Å². The Hall–Kier alpha value is -1.95. The molecule has 1 amide bonds. The summed E-state index contributed by atoms with van der Waals surface area (Å²) in [5, 5.41) is 8.96. The van der Waals surface area contributed by atoms with E-state index in [1.54, 1.807) is 17.3 Å². The van der Waals surface area contributed by atoms with E-state index >= 15 is 0 Å². The number of rotatable bonds is 5. The van der Waals surface area contributed by atoms with Gasteiger partial charge in [-0.25, -0.2) is 0 Å². The van der Waals surface area contributed by atoms with Crippen molar-refractivity contribution in [1.82, 2.24) is 14.8 Å². The number of carbonyl (C=O) groups is 2. The van der Waals surface area contributed by atoms with E-state index in [2.05, 4.69) is 4.98 Å². The van der Waals surface area contributed by atoms with Gasteiger partial charge in [0.15, 0.2) is 0 Å². The van der Waals surface area contributed by atoms with Crippen LogP contribution in [-0.4, -0.2) is 58.4 Å². The zero-order chi connectivity index (χ0) is 15.2. The minimum atomic E-state index is -0.754. The molecule has 1 saturated heterocycles. The summed E-state index contributed by atoms with van der Waals surface area (Å²) in [6, 6.07) is 3.86. The molecule has 0 radical (unpaired) electrons. The van der Waals surface area contributed by atoms with E-state index in [1.807, 2.05) is 24.1 Å². The number of aromatic nitrogens is 1. The van der Waals surface area contributed by atoms with Gasteiger partial charge in [0.05, 0.1) is 12.5 Å². The van der Waals surface area contributed by atoms with Crippen molar-refractivity contribution in [2.45, 2.75) is 19.4 Å². The summed E-state index contributed by atoms with van der Waals surface area (Å²) in [6.07, 6.45) is 4.61. The number of aliphatic carboxylic acids is 1. The van der Waals surface area contributed by atoms with Crippen molar-refractivity contribution in [2.75, 3.05) is 26.7 Å². The Morgan fingerprint density at radius 3 is 2.71 bits per heavy atom. The van der Waals surface area contributed by atoms with Gasteiger partial charge in [0.2, 0.25) is 5.91 Å². The van der Waals surface area contributed by atoms with Gasteiger partial charge in [0.1, 0.15) is 0 Å². The highest BCUT2D eigenvalue weighted by Gasteiger charge is 2.27. The number of likely N-dealkylation sites (N-methyl/N-ethyl adjacent to an activating group) is 1. The van der Waals surface area contributed by atoms with Gasteiger partial charge in [0, 0.05) is 32.0 Å². The zero-order valence-corrected chi connectivity index (χ0v) is 12.2. The lowest BCUT2D eigenvalue weighted by Crippen LogP contribution is -2.44. The second kappa shape index (κ2) is 7.17. The average Bonchev–Trinajstić information content (AvgIpc) is 2.48. The van der Waals surface area contributed by atoms with Crippen LogP contribution in [0.2, 0.25) is 0 Å². The summed E-state index contributed by atoms with van der Waals surface area (Å²) in [4.78, 5) is 30.9. The quantitative estimate of drug-likeness (QED) is 0.870. The molecule has 2 rings (SSSR count). The SMILES string of the molecule is CN(CC(=O)N1CCC(C(=O)O)CC1)Cc1cccnc1. The van der Waals surface area contributed by atoms with Crippen molar-refractivity contribution in [3.8, 4) is 0 Å². The average molecular weight is 291 g/mol. The van der Waals surface area contributed by atoms with Crippen LogP contribution < -0.4 is 0 Å². The predicted molar refractivity (Wildman–Crippen MR) is 77.5 cm³/mol. The largest absolute Gasteiger partial charge is 0.481 e. The first-order valence-electron chi connectivity index (χ1n) is 7.14. The number of likely N-dealkylation sites (tertiary alicyclic amines) is 1. The Bertz CT molecular complexity index is 484. The van der Waals surface area contributed by atoms with Crippen molar-refractivity contribution in [3.63, 3.8) is 0 Å². The highest BCUT2D eigenvalue weighted by Crippen LogP contribution is 2.17. The zero-order valence-electron chi connectivity index (χ0n) is 12.2. The normalized spacial score (nSPS) is 16.2. The number of pyridine rings is 1. The summed E-state index contributed by atoms with van der Waals surface area (Å²) < 4.78 is 0. The Labute approximate surface area is 124 Å². The van der Waals surface area contributed by atoms with Gasteiger partial charge < -0.3 is 10.0 Å². The Morgan fingerprint density at radius 1 is 1.43 bits per heavy atom. The Morgan fingerprint density at radius 2 is 2.14 bits per heavy atom. The minimum Gasteiger partial charge on any atom is -0.481 e. The van der Waals surface area contributed by atoms with Crippen LogP contribution in [0.1, 0.15) is 18.4 Å². The van der Waals surface area contributed by atoms with Crippen LogP contribution in [0, 0.1) is 5.92 Å². The number of piperidine rings is 1. The molecule has 21 heavy (non-hydrogen) atoms. The van der Waals surface area contributed by atoms with Gasteiger partial charge >= 0.3 is 5.97 Å². The number of hydrogen-bond acceptors (Lipinski definition) is 4. The third kappa shape index (κ3) is 4.53. The molecule has 1 aliphatic heterocycles. The van der Waals surface area contributed by atoms with Crippen LogP contribution in [0.15, 0.2) is 24.5 Å². The molecule has 0 unspecified atom stereocenters. The number of carbonyl (C=O) groups excluding carboxylic acids is 1. The van der Waals surface area contributed by atoms with Gasteiger partial charge in [-0.3, -0.25) is 19.5 Å². The van der Waals surface area contributed by atoms with Crippen LogP contribution in [0.3, 0.4) is 0 Å². The second-order valence-electron chi connectivity index (χ2n) is 5.53. The highest BCUT2D eigenvalue weighted by atomic mass is 16.4. The molecule has 114 valence electrons. The summed E-state index contributed by atoms with van der Waals surface area (Å²) in [5.74, 6) is -0.997. The van der Waals surface area contributed by atoms with E-state index in [-0.39, 0.29) is 11.8 Å². The molecular weight excluding hydrogens is 270 g/mol. The molecule has 0 spiro atoms. The first-order valence-corrected chi connectivity index (χ1v) is 7.14. The number of amides is 1. The summed E-state index contributed by atoms with van der Waals surface area (Å²) in [7, 11) is 1.90. The van der Waals surface area contributed by atoms with E-state index in [0.717, 1.165) is 5.56 Å². The lowest BCUT2D eigenvalue weighted by Gasteiger charge is -2.31. The van der Waals surface area contributed by atoms with E-state index in [0.29, 0.717) is 39.0 Å². The predicted octanol–water partition coefficient (Wildman–Crippen LogP) is 0.837. The molecule has 1 N–H and O–H groups in total. The molecule has 0 aromatic carbocycles. The maximum atomic E-state index is 12.2. The second-order valence-corrected chi connectivity index (χ2v) is 5.53. The maximum Gasteiger partial charge on any atom is 0.306 e. The van der Waals surface area contributed by atoms with Crippen LogP contribution in [0.4, 0.5) is 0 Å². The van der Waals surface area contributed by atoms with Crippen molar-refractivity contribution < 1.29 is 14.7 Å². The number of carboxylic acid groups (broad SMARTS) is 1. The minimum absolute atomic E-state index is 0.0604. The van der Waals surface area contributed by atoms with Crippen LogP contribution >= 0.6 is 0 Å². The first kappa shape index (κ1) is 15.4. The molecule has 0 atom stereocenters. The van der Waals surface area contributed by atoms with Crippen molar-refractivity contribution >= 4 is 11.9 Å². The Kier molecular flexibility index (Phi) is 5.27. The number of carboxylic acids is 1. The maximum absolute atomic E-state index is 12.2. The van der Waals surface area contributed by atoms with E-state index in [1.165, 1.54) is 0 Å². The lowest BCUT2D eigenvalue weighted by atomic mass is 9.97. The fraction of sp³-hybridized carbons (Fsp3) is 0.533. The fourth-order valence-electron chi connectivity index (χ4n) is 2.57. The molecule has 0 aliphatic carbocycles. The molecule has 1 aliphatic rings. The van der Waals surface area contributed by atoms with E-state index in [9.17, 15) is 9.59 Å². The monoisotopic (exact) mass is 291 g/mol. The standard InChI is InChI=1S/C15H21N3O3/c1-17(10-12-3-2-6-16-9-12)11-14(19)18-7-4-13(5-8-18)15(20)21/h2-3,6,9,13H,4-5,7-8,10-11H2,1H3,(H,20,21). The fourth-order valence-corrected chi connectivity index (χ4v) is 2.57. The van der Waals surface area contributed by atoms with Gasteiger partial charge in [-0.05, 0) is 31.5 Å². The lowest BCUT2D eigenvalue weighted by molar-refractivity contribution is -0.145. The van der Waals surface area contributed by atoms with E-state index in [4.69, 9.17) is 5.11 Å². The number of nitrogens with zero attached hydrogens (tertiary/aromatic N) is 3. The third-order valence-corrected chi connectivity index (χ3v) is 3.78. The smallest absolute Gasteiger partial charge is 0.306 e. The molecular formula is C15H21N3O3. The van der Waals surface area contributed by atoms with Gasteiger partial charge in [-0.1, -0.05) is 6.07 Å². The topological polar surface area (TPSA) is 73.7 Å². The Balaban J connectivity index is 1.78. The van der Waals surface area contributed by atoms with Crippen molar-refractivity contribution in [2.24, 2.45) is 5.92 Å². The van der Waals surface area contributed by atoms with Crippen LogP contribution in [0.5, 0.6) is 0 Å². The summed E-state index contributed by atoms with van der Waals surface area (Å²) >= 11 is 0. The van der Waals surface area contributed by atoms with Gasteiger partial charge in [-0.2, -0.15) is 0 Å². The molecule has 1 fully saturated rings. The number of hydrogen-bond donors (Lipinski definition) is 1. The highest BCUT2D eigenvalue weighted by molar-refractivity contribution is 5.78. The van der Waals surface area contributed by atoms with Crippen LogP contribution in [0.25, 0.3) is 0 Å². The van der Waals surface area contributed by atoms with Crippen molar-refractivity contribution in [3.05, 3.63) is 30.1 Å². The molecule has 1 aromatic heterocycles. The van der Waals surface area contributed by atoms with Crippen LogP contribution in [-0.2, 0) is 16.1 Å². The first-order chi connectivity index (χ1) is 10.1. The third-order valence-electron chi connectivity index (χ3n) is 3.78. The van der Waals surface area contributed by atoms with E-state index < -0.39 is 5.97 Å². The molecule has 0 bridgehead atoms. The molecule has 2 heterocycles. The van der Waals surface area contributed by atoms with Crippen molar-refractivity contribution in [1.29, 1.82) is 0 Å². The molecule has 6 nitrogen and oxygen atoms in total. The summed E-state index contributed by atoms with van der Waals surface area (Å²) in [5.41, 5.74) is 1.07. The summed E-state index contributed by atoms with van der Waals surface area (Å²) in [6.45, 7) is 2.09. The molecule has 6 heteroatoms. The van der Waals surface area contributed by atoms with Gasteiger partial charge in [-0.15, -0.1) is 0 Å².